The molecule has 2 aromatic rings. The molecular formula is C30H27F3N2O11. The Labute approximate surface area is 257 Å². The number of carbonyl (C=O) groups excluding carboxylic acids is 3. The summed E-state index contributed by atoms with van der Waals surface area (Å²) in [6.07, 6.45) is 2.64. The van der Waals surface area contributed by atoms with Crippen molar-refractivity contribution in [1.82, 2.24) is 10.6 Å². The van der Waals surface area contributed by atoms with Crippen LogP contribution in [0.2, 0.25) is 0 Å². The molecule has 2 atom stereocenters. The largest absolute Gasteiger partial charge is 0.508 e. The molecule has 4 rings (SSSR count). The van der Waals surface area contributed by atoms with Gasteiger partial charge in [0.25, 0.3) is 5.91 Å². The van der Waals surface area contributed by atoms with E-state index in [1.54, 1.807) is 0 Å². The molecule has 2 aromatic carbocycles. The molecule has 244 valence electrons. The van der Waals surface area contributed by atoms with Gasteiger partial charge in [-0.05, 0) is 61.4 Å². The van der Waals surface area contributed by atoms with Crippen LogP contribution in [-0.2, 0) is 14.3 Å². The fourth-order valence-corrected chi connectivity index (χ4v) is 4.54. The van der Waals surface area contributed by atoms with Crippen molar-refractivity contribution >= 4 is 29.6 Å². The van der Waals surface area contributed by atoms with Crippen LogP contribution in [0.4, 0.5) is 13.2 Å². The summed E-state index contributed by atoms with van der Waals surface area (Å²) < 4.78 is 37.2. The third-order valence-corrected chi connectivity index (χ3v) is 6.75. The summed E-state index contributed by atoms with van der Waals surface area (Å²) in [6.45, 7) is 0. The average molecular weight is 649 g/mol. The summed E-state index contributed by atoms with van der Waals surface area (Å²) in [5.41, 5.74) is -0.419. The molecule has 0 bridgehead atoms. The lowest BCUT2D eigenvalue weighted by Gasteiger charge is -2.27. The van der Waals surface area contributed by atoms with Gasteiger partial charge < -0.3 is 40.9 Å². The number of carbonyl (C=O) groups is 5. The van der Waals surface area contributed by atoms with E-state index in [4.69, 9.17) is 14.6 Å². The number of Topliss-reactive ketones (excluding diaryl/α,β-unsaturated/α-hetero) is 1. The number of esters is 1. The molecule has 1 heterocycles. The molecule has 13 nitrogen and oxygen atoms in total. The number of ketones is 1. The van der Waals surface area contributed by atoms with Gasteiger partial charge in [-0.15, -0.1) is 0 Å². The molecule has 7 N–H and O–H groups in total. The van der Waals surface area contributed by atoms with Gasteiger partial charge in [0.05, 0.1) is 11.5 Å². The molecule has 1 saturated carbocycles. The third-order valence-electron chi connectivity index (χ3n) is 6.75. The topological polar surface area (TPSA) is 220 Å². The fourth-order valence-electron chi connectivity index (χ4n) is 4.54. The summed E-state index contributed by atoms with van der Waals surface area (Å²) >= 11 is 0. The number of carboxylic acid groups (broad SMARTS) is 2. The van der Waals surface area contributed by atoms with Gasteiger partial charge >= 0.3 is 24.1 Å². The van der Waals surface area contributed by atoms with E-state index < -0.39 is 64.7 Å². The van der Waals surface area contributed by atoms with Gasteiger partial charge in [-0.2, -0.15) is 13.2 Å². The molecule has 1 amide bonds. The van der Waals surface area contributed by atoms with E-state index in [0.717, 1.165) is 12.1 Å². The molecule has 0 unspecified atom stereocenters. The zero-order valence-electron chi connectivity index (χ0n) is 23.6. The van der Waals surface area contributed by atoms with E-state index >= 15 is 0 Å². The maximum Gasteiger partial charge on any atom is 0.490 e. The minimum Gasteiger partial charge on any atom is -0.508 e. The SMILES string of the molecule is O=C(NC1=CNC=CC=C1OC(=O)c1cc(O)c(C(=O)[C@@H]2CCCC[C@@H]2C(=O)O)c(O)c1)c1ccc(O)cc1.O=C(O)C(F)(F)F. The molecule has 1 aliphatic carbocycles. The second-order valence-electron chi connectivity index (χ2n) is 9.90. The Bertz CT molecular complexity index is 1590. The summed E-state index contributed by atoms with van der Waals surface area (Å²) in [5, 5.41) is 52.5. The molecule has 2 aliphatic rings. The Balaban J connectivity index is 0.000000738. The quantitative estimate of drug-likeness (QED) is 0.168. The van der Waals surface area contributed by atoms with Crippen molar-refractivity contribution < 1.29 is 67.4 Å². The highest BCUT2D eigenvalue weighted by Gasteiger charge is 2.39. The van der Waals surface area contributed by atoms with Gasteiger partial charge in [0, 0.05) is 23.9 Å². The maximum absolute atomic E-state index is 13.1. The van der Waals surface area contributed by atoms with Crippen LogP contribution in [0, 0.1) is 11.8 Å². The van der Waals surface area contributed by atoms with Crippen LogP contribution in [0.25, 0.3) is 0 Å². The van der Waals surface area contributed by atoms with Gasteiger partial charge in [-0.3, -0.25) is 14.4 Å². The highest BCUT2D eigenvalue weighted by atomic mass is 19.4. The Kier molecular flexibility index (Phi) is 11.1. The van der Waals surface area contributed by atoms with Crippen molar-refractivity contribution in [3.05, 3.63) is 89.1 Å². The number of halogens is 3. The van der Waals surface area contributed by atoms with Crippen LogP contribution in [-0.4, -0.2) is 61.3 Å². The molecule has 1 fully saturated rings. The van der Waals surface area contributed by atoms with Gasteiger partial charge in [0.2, 0.25) is 0 Å². The molecular weight excluding hydrogens is 621 g/mol. The third kappa shape index (κ3) is 8.87. The number of allylic oxidation sites excluding steroid dienone is 2. The predicted molar refractivity (Wildman–Crippen MR) is 150 cm³/mol. The van der Waals surface area contributed by atoms with Gasteiger partial charge in [0.1, 0.15) is 28.5 Å². The number of phenols is 3. The summed E-state index contributed by atoms with van der Waals surface area (Å²) in [6, 6.07) is 7.41. The number of ether oxygens (including phenoxy) is 1. The first-order valence-corrected chi connectivity index (χ1v) is 13.4. The molecule has 0 saturated heterocycles. The normalized spacial score (nSPS) is 17.5. The number of benzene rings is 2. The van der Waals surface area contributed by atoms with E-state index in [9.17, 15) is 52.8 Å². The Morgan fingerprint density at radius 2 is 1.43 bits per heavy atom. The standard InChI is InChI=1S/C28H26N2O9.C2HF3O2/c31-17-9-7-15(8-10-17)26(35)30-20-14-29-11-3-6-23(20)39-28(38)16-12-21(32)24(22(33)13-16)25(34)18-4-1-2-5-19(18)27(36)37;3-2(4,5)1(6)7/h3,6-14,18-19,29,31-33H,1-2,4-5H2,(H,30,35)(H,36,37);(H,6,7)/t18-,19+;/m1./s1. The van der Waals surface area contributed by atoms with E-state index in [1.165, 1.54) is 48.8 Å². The number of amides is 1. The molecule has 0 aromatic heterocycles. The lowest BCUT2D eigenvalue weighted by Crippen LogP contribution is -2.32. The molecule has 16 heteroatoms. The second kappa shape index (κ2) is 14.8. The van der Waals surface area contributed by atoms with E-state index in [1.807, 2.05) is 0 Å². The smallest absolute Gasteiger partial charge is 0.490 e. The number of nitrogens with one attached hydrogen (secondary N) is 2. The van der Waals surface area contributed by atoms with Crippen LogP contribution in [0.3, 0.4) is 0 Å². The number of hydrogen-bond acceptors (Lipinski definition) is 10. The maximum atomic E-state index is 13.1. The predicted octanol–water partition coefficient (Wildman–Crippen LogP) is 3.94. The lowest BCUT2D eigenvalue weighted by atomic mass is 9.75. The van der Waals surface area contributed by atoms with Gasteiger partial charge in [0.15, 0.2) is 11.5 Å². The van der Waals surface area contributed by atoms with Crippen LogP contribution in [0.15, 0.2) is 72.4 Å². The van der Waals surface area contributed by atoms with Gasteiger partial charge in [-0.25, -0.2) is 9.59 Å². The van der Waals surface area contributed by atoms with Crippen LogP contribution < -0.4 is 10.6 Å². The number of aliphatic carboxylic acids is 2. The number of hydrogen-bond donors (Lipinski definition) is 7. The molecule has 46 heavy (non-hydrogen) atoms. The first kappa shape index (κ1) is 34.7. The number of rotatable bonds is 7. The van der Waals surface area contributed by atoms with Crippen LogP contribution >= 0.6 is 0 Å². The van der Waals surface area contributed by atoms with Crippen molar-refractivity contribution in [1.29, 1.82) is 0 Å². The van der Waals surface area contributed by atoms with Crippen LogP contribution in [0.5, 0.6) is 17.2 Å². The number of phenolic OH excluding ortho intramolecular Hbond substituents is 3. The van der Waals surface area contributed by atoms with Crippen molar-refractivity contribution in [2.75, 3.05) is 0 Å². The fraction of sp³-hybridized carbons (Fsp3) is 0.233. The Morgan fingerprint density at radius 3 is 1.98 bits per heavy atom. The minimum atomic E-state index is -5.08. The minimum absolute atomic E-state index is 0.0136. The van der Waals surface area contributed by atoms with Crippen LogP contribution in [0.1, 0.15) is 56.8 Å². The number of aromatic hydroxyl groups is 3. The number of alkyl halides is 3. The van der Waals surface area contributed by atoms with E-state index in [2.05, 4.69) is 10.6 Å². The van der Waals surface area contributed by atoms with Gasteiger partial charge in [-0.1, -0.05) is 12.8 Å². The molecule has 0 spiro atoms. The van der Waals surface area contributed by atoms with E-state index in [-0.39, 0.29) is 28.3 Å². The lowest BCUT2D eigenvalue weighted by molar-refractivity contribution is -0.192. The molecule has 0 radical (unpaired) electrons. The number of carboxylic acids is 2. The first-order chi connectivity index (χ1) is 21.6. The zero-order valence-corrected chi connectivity index (χ0v) is 23.6. The Hall–Kier alpha value is -5.80. The second-order valence-corrected chi connectivity index (χ2v) is 9.90. The average Bonchev–Trinajstić information content (AvgIpc) is 3.21. The highest BCUT2D eigenvalue weighted by Crippen LogP contribution is 2.38. The highest BCUT2D eigenvalue weighted by molar-refractivity contribution is 6.05. The van der Waals surface area contributed by atoms with Crippen molar-refractivity contribution in [3.8, 4) is 17.2 Å². The first-order valence-electron chi connectivity index (χ1n) is 13.4. The Morgan fingerprint density at radius 1 is 0.870 bits per heavy atom. The van der Waals surface area contributed by atoms with E-state index in [0.29, 0.717) is 25.7 Å². The zero-order chi connectivity index (χ0) is 34.2. The summed E-state index contributed by atoms with van der Waals surface area (Å²) in [7, 11) is 0. The van der Waals surface area contributed by atoms with Crippen molar-refractivity contribution in [2.45, 2.75) is 31.9 Å². The summed E-state index contributed by atoms with van der Waals surface area (Å²) in [5.74, 6) is -9.43. The summed E-state index contributed by atoms with van der Waals surface area (Å²) in [4.78, 5) is 59.2. The van der Waals surface area contributed by atoms with Crippen molar-refractivity contribution in [2.24, 2.45) is 11.8 Å². The molecule has 1 aliphatic heterocycles. The monoisotopic (exact) mass is 648 g/mol. The van der Waals surface area contributed by atoms with Crippen molar-refractivity contribution in [3.63, 3.8) is 0 Å².